The fourth-order valence-corrected chi connectivity index (χ4v) is 2.76. The Morgan fingerprint density at radius 3 is 2.33 bits per heavy atom. The van der Waals surface area contributed by atoms with E-state index in [4.69, 9.17) is 0 Å². The molecule has 1 aromatic rings. The molecule has 8 heteroatoms. The number of nitrogens with one attached hydrogen (secondary N) is 1. The molecule has 0 aliphatic carbocycles. The Kier molecular flexibility index (Phi) is 5.38. The lowest BCUT2D eigenvalue weighted by molar-refractivity contribution is -0.130. The van der Waals surface area contributed by atoms with Crippen LogP contribution < -0.4 is 10.9 Å². The molecule has 0 bridgehead atoms. The maximum Gasteiger partial charge on any atom is 0.255 e. The highest BCUT2D eigenvalue weighted by Gasteiger charge is 2.31. The van der Waals surface area contributed by atoms with Gasteiger partial charge in [0.05, 0.1) is 11.5 Å². The van der Waals surface area contributed by atoms with Crippen LogP contribution in [0.25, 0.3) is 0 Å². The Bertz CT molecular complexity index is 712. The van der Waals surface area contributed by atoms with Gasteiger partial charge in [0.2, 0.25) is 17.4 Å². The van der Waals surface area contributed by atoms with Gasteiger partial charge in [-0.2, -0.15) is 0 Å². The summed E-state index contributed by atoms with van der Waals surface area (Å²) in [4.78, 5) is 51.1. The Labute approximate surface area is 140 Å². The van der Waals surface area contributed by atoms with E-state index in [0.717, 1.165) is 0 Å². The summed E-state index contributed by atoms with van der Waals surface area (Å²) in [6, 6.07) is 2.82. The number of rotatable bonds is 2. The molecule has 0 spiro atoms. The fraction of sp³-hybridized carbons (Fsp3) is 0.500. The normalized spacial score (nSPS) is 18.0. The van der Waals surface area contributed by atoms with E-state index in [-0.39, 0.29) is 36.4 Å². The molecular weight excluding hydrogens is 312 g/mol. The summed E-state index contributed by atoms with van der Waals surface area (Å²) in [5.41, 5.74) is 0.178. The number of aromatic nitrogens is 1. The van der Waals surface area contributed by atoms with E-state index in [1.54, 1.807) is 16.8 Å². The molecule has 1 fully saturated rings. The Morgan fingerprint density at radius 1 is 1.12 bits per heavy atom. The van der Waals surface area contributed by atoms with E-state index in [9.17, 15) is 19.2 Å². The van der Waals surface area contributed by atoms with Gasteiger partial charge in [0.15, 0.2) is 0 Å². The molecule has 0 radical (unpaired) electrons. The van der Waals surface area contributed by atoms with Crippen LogP contribution in [-0.4, -0.2) is 65.3 Å². The fourth-order valence-electron chi connectivity index (χ4n) is 2.76. The maximum atomic E-state index is 12.7. The first kappa shape index (κ1) is 17.7. The van der Waals surface area contributed by atoms with Crippen LogP contribution in [0, 0.1) is 5.92 Å². The lowest BCUT2D eigenvalue weighted by Gasteiger charge is -2.23. The summed E-state index contributed by atoms with van der Waals surface area (Å²) in [5.74, 6) is -1.08. The van der Waals surface area contributed by atoms with Gasteiger partial charge in [0.25, 0.3) is 5.91 Å². The molecule has 1 aliphatic heterocycles. The maximum absolute atomic E-state index is 12.7. The predicted molar refractivity (Wildman–Crippen MR) is 87.4 cm³/mol. The van der Waals surface area contributed by atoms with Gasteiger partial charge in [-0.15, -0.1) is 0 Å². The smallest absolute Gasteiger partial charge is 0.255 e. The summed E-state index contributed by atoms with van der Waals surface area (Å²) in [6.45, 7) is 2.68. The second-order valence-electron chi connectivity index (χ2n) is 5.89. The van der Waals surface area contributed by atoms with Crippen molar-refractivity contribution in [2.45, 2.75) is 6.92 Å². The highest BCUT2D eigenvalue weighted by molar-refractivity contribution is 5.94. The van der Waals surface area contributed by atoms with Crippen molar-refractivity contribution in [2.75, 3.05) is 33.2 Å². The predicted octanol–water partition coefficient (Wildman–Crippen LogP) is -0.948. The van der Waals surface area contributed by atoms with Gasteiger partial charge in [-0.25, -0.2) is 0 Å². The highest BCUT2D eigenvalue weighted by Crippen LogP contribution is 2.13. The first-order valence-electron chi connectivity index (χ1n) is 7.76. The van der Waals surface area contributed by atoms with Gasteiger partial charge in [-0.05, 0) is 6.07 Å². The number of carbonyl (C=O) groups is 3. The number of hydrogen-bond donors (Lipinski definition) is 1. The van der Waals surface area contributed by atoms with Gasteiger partial charge in [0.1, 0.15) is 0 Å². The Balaban J connectivity index is 2.25. The number of amides is 3. The quantitative estimate of drug-likeness (QED) is 0.755. The summed E-state index contributed by atoms with van der Waals surface area (Å²) >= 11 is 0. The zero-order valence-corrected chi connectivity index (χ0v) is 14.1. The highest BCUT2D eigenvalue weighted by atomic mass is 16.2. The molecule has 130 valence electrons. The third kappa shape index (κ3) is 3.81. The van der Waals surface area contributed by atoms with Crippen LogP contribution in [0.1, 0.15) is 17.3 Å². The van der Waals surface area contributed by atoms with Crippen molar-refractivity contribution in [1.82, 2.24) is 19.7 Å². The van der Waals surface area contributed by atoms with Gasteiger partial charge in [-0.3, -0.25) is 19.2 Å². The first-order chi connectivity index (χ1) is 11.3. The molecule has 2 heterocycles. The zero-order valence-electron chi connectivity index (χ0n) is 14.1. The van der Waals surface area contributed by atoms with E-state index in [2.05, 4.69) is 5.32 Å². The minimum atomic E-state index is -0.488. The van der Waals surface area contributed by atoms with Crippen molar-refractivity contribution in [2.24, 2.45) is 13.0 Å². The van der Waals surface area contributed by atoms with Crippen molar-refractivity contribution in [3.05, 3.63) is 34.2 Å². The molecule has 1 aliphatic rings. The molecule has 8 nitrogen and oxygen atoms in total. The molecule has 24 heavy (non-hydrogen) atoms. The van der Waals surface area contributed by atoms with E-state index in [1.807, 2.05) is 0 Å². The monoisotopic (exact) mass is 334 g/mol. The van der Waals surface area contributed by atoms with Crippen LogP contribution in [0.3, 0.4) is 0 Å². The summed E-state index contributed by atoms with van der Waals surface area (Å²) in [7, 11) is 3.11. The number of carbonyl (C=O) groups excluding carboxylic acids is 3. The van der Waals surface area contributed by atoms with Gasteiger partial charge >= 0.3 is 0 Å². The molecular formula is C16H22N4O4. The van der Waals surface area contributed by atoms with Crippen LogP contribution in [0.15, 0.2) is 23.1 Å². The largest absolute Gasteiger partial charge is 0.359 e. The number of hydrogen-bond acceptors (Lipinski definition) is 4. The van der Waals surface area contributed by atoms with E-state index >= 15 is 0 Å². The summed E-state index contributed by atoms with van der Waals surface area (Å²) in [5, 5.41) is 2.58. The third-order valence-electron chi connectivity index (χ3n) is 4.20. The lowest BCUT2D eigenvalue weighted by atomic mass is 10.1. The van der Waals surface area contributed by atoms with Crippen molar-refractivity contribution in [1.29, 1.82) is 0 Å². The number of aryl methyl sites for hydroxylation is 1. The molecule has 0 unspecified atom stereocenters. The molecule has 2 rings (SSSR count). The molecule has 0 aromatic carbocycles. The third-order valence-corrected chi connectivity index (χ3v) is 4.20. The second-order valence-corrected chi connectivity index (χ2v) is 5.89. The van der Waals surface area contributed by atoms with Gasteiger partial charge in [-0.1, -0.05) is 0 Å². The van der Waals surface area contributed by atoms with Crippen LogP contribution in [0.2, 0.25) is 0 Å². The van der Waals surface area contributed by atoms with Crippen LogP contribution in [0.4, 0.5) is 0 Å². The average molecular weight is 334 g/mol. The number of nitrogens with zero attached hydrogens (tertiary/aromatic N) is 3. The molecule has 1 saturated heterocycles. The lowest BCUT2D eigenvalue weighted by Crippen LogP contribution is -2.42. The van der Waals surface area contributed by atoms with Crippen LogP contribution in [0.5, 0.6) is 0 Å². The first-order valence-corrected chi connectivity index (χ1v) is 7.76. The molecule has 1 N–H and O–H groups in total. The summed E-state index contributed by atoms with van der Waals surface area (Å²) < 4.78 is 1.34. The molecule has 3 amide bonds. The van der Waals surface area contributed by atoms with Crippen molar-refractivity contribution in [3.8, 4) is 0 Å². The average Bonchev–Trinajstić information content (AvgIpc) is 2.79. The minimum Gasteiger partial charge on any atom is -0.359 e. The number of pyridine rings is 1. The topological polar surface area (TPSA) is 91.7 Å². The van der Waals surface area contributed by atoms with Crippen molar-refractivity contribution >= 4 is 17.7 Å². The molecule has 1 atom stereocenters. The molecule has 1 aromatic heterocycles. The minimum absolute atomic E-state index is 0.125. The second kappa shape index (κ2) is 7.29. The van der Waals surface area contributed by atoms with Gasteiger partial charge in [0, 0.05) is 59.5 Å². The van der Waals surface area contributed by atoms with Crippen molar-refractivity contribution < 1.29 is 14.4 Å². The molecule has 0 saturated carbocycles. The Hall–Kier alpha value is -2.64. The zero-order chi connectivity index (χ0) is 17.9. The van der Waals surface area contributed by atoms with Gasteiger partial charge < -0.3 is 19.7 Å². The van der Waals surface area contributed by atoms with E-state index < -0.39 is 5.92 Å². The Morgan fingerprint density at radius 2 is 1.75 bits per heavy atom. The van der Waals surface area contributed by atoms with E-state index in [0.29, 0.717) is 18.7 Å². The van der Waals surface area contributed by atoms with Crippen LogP contribution >= 0.6 is 0 Å². The SMILES string of the molecule is CNC(=O)[C@H]1CN(C(C)=O)CCN(C(=O)c2ccc(=O)n(C)c2)C1. The van der Waals surface area contributed by atoms with Crippen molar-refractivity contribution in [3.63, 3.8) is 0 Å². The standard InChI is InChI=1S/C16H22N4O4/c1-11(21)19-6-7-20(10-13(9-19)15(23)17-2)16(24)12-4-5-14(22)18(3)8-12/h4-5,8,13H,6-7,9-10H2,1-3H3,(H,17,23)/t13-/m0/s1. The van der Waals surface area contributed by atoms with Crippen LogP contribution in [-0.2, 0) is 16.6 Å². The summed E-state index contributed by atoms with van der Waals surface area (Å²) in [6.07, 6.45) is 1.48. The van der Waals surface area contributed by atoms with E-state index in [1.165, 1.54) is 36.9 Å².